The van der Waals surface area contributed by atoms with E-state index in [2.05, 4.69) is 30.8 Å². The molecule has 0 bridgehead atoms. The first kappa shape index (κ1) is 28.5. The number of rotatable bonds is 8. The fourth-order valence-electron chi connectivity index (χ4n) is 3.41. The highest BCUT2D eigenvalue weighted by molar-refractivity contribution is 14.0. The van der Waals surface area contributed by atoms with Crippen LogP contribution in [0.2, 0.25) is 0 Å². The number of hydrogen-bond acceptors (Lipinski definition) is 6. The fourth-order valence-corrected chi connectivity index (χ4v) is 3.41. The highest BCUT2D eigenvalue weighted by atomic mass is 127. The van der Waals surface area contributed by atoms with Crippen LogP contribution in [0.1, 0.15) is 57.4 Å². The lowest BCUT2D eigenvalue weighted by Crippen LogP contribution is -2.43. The topological polar surface area (TPSA) is 104 Å². The van der Waals surface area contributed by atoms with Crippen molar-refractivity contribution in [3.05, 3.63) is 17.3 Å². The number of piperidine rings is 1. The third-order valence-corrected chi connectivity index (χ3v) is 5.23. The van der Waals surface area contributed by atoms with E-state index in [1.165, 1.54) is 0 Å². The van der Waals surface area contributed by atoms with E-state index in [4.69, 9.17) is 9.15 Å². The van der Waals surface area contributed by atoms with Crippen LogP contribution in [0, 0.1) is 19.8 Å². The molecule has 2 heterocycles. The van der Waals surface area contributed by atoms with Crippen LogP contribution < -0.4 is 16.0 Å². The summed E-state index contributed by atoms with van der Waals surface area (Å²) in [5, 5.41) is 9.48. The molecule has 0 spiro atoms. The van der Waals surface area contributed by atoms with Gasteiger partial charge in [-0.3, -0.25) is 9.89 Å². The smallest absolute Gasteiger partial charge is 0.407 e. The highest BCUT2D eigenvalue weighted by Gasteiger charge is 2.21. The standard InChI is InChI=1S/C22H40N6O3.HI/c1-16-17(2)30-19(27-16)15-28-12-8-18(9-13-28)14-26-20(23-6)24-10-7-11-25-21(29)31-22(3,4)5;/h18H,7-15H2,1-6H3,(H,25,29)(H2,23,24,26);1H. The van der Waals surface area contributed by atoms with E-state index >= 15 is 0 Å². The molecule has 10 heteroatoms. The van der Waals surface area contributed by atoms with Gasteiger partial charge in [0, 0.05) is 26.7 Å². The number of carbonyl (C=O) groups is 1. The number of nitrogens with zero attached hydrogens (tertiary/aromatic N) is 3. The van der Waals surface area contributed by atoms with Crippen molar-refractivity contribution in [3.63, 3.8) is 0 Å². The minimum Gasteiger partial charge on any atom is -0.444 e. The van der Waals surface area contributed by atoms with Gasteiger partial charge in [0.25, 0.3) is 0 Å². The van der Waals surface area contributed by atoms with Crippen molar-refractivity contribution in [1.29, 1.82) is 0 Å². The first-order chi connectivity index (χ1) is 14.7. The summed E-state index contributed by atoms with van der Waals surface area (Å²) in [6, 6.07) is 0. The average Bonchev–Trinajstić information content (AvgIpc) is 3.00. The predicted molar refractivity (Wildman–Crippen MR) is 138 cm³/mol. The van der Waals surface area contributed by atoms with Crippen LogP contribution in [0.3, 0.4) is 0 Å². The quantitative estimate of drug-likeness (QED) is 0.193. The Bertz CT molecular complexity index is 704. The molecule has 0 radical (unpaired) electrons. The second kappa shape index (κ2) is 13.9. The summed E-state index contributed by atoms with van der Waals surface area (Å²) in [5.41, 5.74) is 0.506. The molecule has 1 saturated heterocycles. The fraction of sp³-hybridized carbons (Fsp3) is 0.773. The molecule has 1 aliphatic heterocycles. The second-order valence-corrected chi connectivity index (χ2v) is 9.13. The van der Waals surface area contributed by atoms with Crippen molar-refractivity contribution in [2.75, 3.05) is 39.8 Å². The van der Waals surface area contributed by atoms with Gasteiger partial charge in [0.05, 0.1) is 12.2 Å². The molecule has 1 aromatic rings. The molecule has 2 rings (SSSR count). The Hall–Kier alpha value is -1.56. The van der Waals surface area contributed by atoms with E-state index in [1.54, 1.807) is 7.05 Å². The number of aryl methyl sites for hydroxylation is 2. The van der Waals surface area contributed by atoms with Crippen molar-refractivity contribution < 1.29 is 13.9 Å². The molecular weight excluding hydrogens is 523 g/mol. The molecule has 1 amide bonds. The summed E-state index contributed by atoms with van der Waals surface area (Å²) < 4.78 is 10.9. The predicted octanol–water partition coefficient (Wildman–Crippen LogP) is 3.20. The third-order valence-electron chi connectivity index (χ3n) is 5.23. The molecular formula is C22H41IN6O3. The van der Waals surface area contributed by atoms with Crippen LogP contribution >= 0.6 is 24.0 Å². The van der Waals surface area contributed by atoms with E-state index in [-0.39, 0.29) is 30.1 Å². The molecule has 0 aliphatic carbocycles. The van der Waals surface area contributed by atoms with Crippen molar-refractivity contribution in [2.24, 2.45) is 10.9 Å². The van der Waals surface area contributed by atoms with E-state index in [9.17, 15) is 4.79 Å². The molecule has 9 nitrogen and oxygen atoms in total. The molecule has 32 heavy (non-hydrogen) atoms. The molecule has 0 atom stereocenters. The number of halogens is 1. The van der Waals surface area contributed by atoms with E-state index < -0.39 is 5.60 Å². The van der Waals surface area contributed by atoms with Gasteiger partial charge in [-0.25, -0.2) is 9.78 Å². The normalized spacial score (nSPS) is 15.8. The summed E-state index contributed by atoms with van der Waals surface area (Å²) in [6.07, 6.45) is 2.69. The number of amides is 1. The maximum atomic E-state index is 11.6. The van der Waals surface area contributed by atoms with Crippen LogP contribution in [0.4, 0.5) is 4.79 Å². The number of carbonyl (C=O) groups excluding carboxylic acids is 1. The van der Waals surface area contributed by atoms with Gasteiger partial charge in [-0.2, -0.15) is 0 Å². The first-order valence-electron chi connectivity index (χ1n) is 11.2. The van der Waals surface area contributed by atoms with Crippen LogP contribution in [0.15, 0.2) is 9.41 Å². The number of hydrogen-bond donors (Lipinski definition) is 3. The van der Waals surface area contributed by atoms with Crippen molar-refractivity contribution in [3.8, 4) is 0 Å². The van der Waals surface area contributed by atoms with E-state index in [0.717, 1.165) is 75.3 Å². The van der Waals surface area contributed by atoms with Gasteiger partial charge < -0.3 is 25.1 Å². The number of oxazole rings is 1. The number of guanidine groups is 1. The molecule has 0 aromatic carbocycles. The Kier molecular flexibility index (Phi) is 12.3. The number of alkyl carbamates (subject to hydrolysis) is 1. The van der Waals surface area contributed by atoms with Gasteiger partial charge in [-0.15, -0.1) is 24.0 Å². The third kappa shape index (κ3) is 10.8. The highest BCUT2D eigenvalue weighted by Crippen LogP contribution is 2.19. The van der Waals surface area contributed by atoms with E-state index in [0.29, 0.717) is 12.5 Å². The minimum atomic E-state index is -0.474. The molecule has 1 aromatic heterocycles. The number of likely N-dealkylation sites (tertiary alicyclic amines) is 1. The number of aromatic nitrogens is 1. The largest absolute Gasteiger partial charge is 0.444 e. The molecule has 0 saturated carbocycles. The zero-order valence-corrected chi connectivity index (χ0v) is 22.7. The molecule has 184 valence electrons. The summed E-state index contributed by atoms with van der Waals surface area (Å²) >= 11 is 0. The number of aliphatic imine (C=N–C) groups is 1. The summed E-state index contributed by atoms with van der Waals surface area (Å²) in [7, 11) is 1.78. The monoisotopic (exact) mass is 564 g/mol. The minimum absolute atomic E-state index is 0. The lowest BCUT2D eigenvalue weighted by molar-refractivity contribution is 0.0527. The lowest BCUT2D eigenvalue weighted by Gasteiger charge is -2.31. The van der Waals surface area contributed by atoms with Gasteiger partial charge in [-0.1, -0.05) is 0 Å². The molecule has 3 N–H and O–H groups in total. The second-order valence-electron chi connectivity index (χ2n) is 9.13. The SMILES string of the molecule is CN=C(NCCCNC(=O)OC(C)(C)C)NCC1CCN(Cc2nc(C)c(C)o2)CC1.I. The molecule has 1 aliphatic rings. The van der Waals surface area contributed by atoms with Gasteiger partial charge in [0.2, 0.25) is 5.89 Å². The number of nitrogens with one attached hydrogen (secondary N) is 3. The van der Waals surface area contributed by atoms with Crippen LogP contribution in [-0.2, 0) is 11.3 Å². The van der Waals surface area contributed by atoms with Crippen molar-refractivity contribution in [1.82, 2.24) is 25.8 Å². The lowest BCUT2D eigenvalue weighted by atomic mass is 9.97. The summed E-state index contributed by atoms with van der Waals surface area (Å²) in [6.45, 7) is 14.6. The Morgan fingerprint density at radius 1 is 1.19 bits per heavy atom. The Morgan fingerprint density at radius 3 is 2.41 bits per heavy atom. The maximum Gasteiger partial charge on any atom is 0.407 e. The van der Waals surface area contributed by atoms with Crippen molar-refractivity contribution in [2.45, 2.75) is 66.0 Å². The van der Waals surface area contributed by atoms with Gasteiger partial charge in [-0.05, 0) is 72.9 Å². The first-order valence-corrected chi connectivity index (χ1v) is 11.2. The Morgan fingerprint density at radius 2 is 1.84 bits per heavy atom. The summed E-state index contributed by atoms with van der Waals surface area (Å²) in [4.78, 5) is 22.8. The van der Waals surface area contributed by atoms with Gasteiger partial charge in [0.1, 0.15) is 11.4 Å². The Labute approximate surface area is 209 Å². The van der Waals surface area contributed by atoms with Crippen LogP contribution in [0.5, 0.6) is 0 Å². The zero-order valence-electron chi connectivity index (χ0n) is 20.4. The van der Waals surface area contributed by atoms with E-state index in [1.807, 2.05) is 34.6 Å². The molecule has 0 unspecified atom stereocenters. The Balaban J connectivity index is 0.00000512. The zero-order chi connectivity index (χ0) is 22.9. The van der Waals surface area contributed by atoms with Crippen molar-refractivity contribution >= 4 is 36.0 Å². The van der Waals surface area contributed by atoms with Crippen LogP contribution in [-0.4, -0.2) is 67.3 Å². The maximum absolute atomic E-state index is 11.6. The molecule has 1 fully saturated rings. The van der Waals surface area contributed by atoms with Crippen LogP contribution in [0.25, 0.3) is 0 Å². The average molecular weight is 565 g/mol. The van der Waals surface area contributed by atoms with Gasteiger partial charge in [0.15, 0.2) is 5.96 Å². The van der Waals surface area contributed by atoms with Gasteiger partial charge >= 0.3 is 6.09 Å². The number of ether oxygens (including phenoxy) is 1. The summed E-state index contributed by atoms with van der Waals surface area (Å²) in [5.74, 6) is 3.15.